The van der Waals surface area contributed by atoms with Crippen LogP contribution in [-0.4, -0.2) is 40.3 Å². The fourth-order valence-electron chi connectivity index (χ4n) is 2.48. The fourth-order valence-corrected chi connectivity index (χ4v) is 2.48. The van der Waals surface area contributed by atoms with Gasteiger partial charge in [-0.3, -0.25) is 4.79 Å². The topological polar surface area (TPSA) is 113 Å². The summed E-state index contributed by atoms with van der Waals surface area (Å²) in [4.78, 5) is 23.3. The quantitative estimate of drug-likeness (QED) is 0.457. The number of hydrogen-bond acceptors (Lipinski definition) is 4. The lowest BCUT2D eigenvalue weighted by atomic mass is 10.0. The van der Waals surface area contributed by atoms with E-state index >= 15 is 0 Å². The van der Waals surface area contributed by atoms with E-state index in [0.29, 0.717) is 12.8 Å². The predicted molar refractivity (Wildman–Crippen MR) is 92.5 cm³/mol. The van der Waals surface area contributed by atoms with E-state index in [0.717, 1.165) is 31.2 Å². The van der Waals surface area contributed by atoms with E-state index in [1.54, 1.807) is 0 Å². The second-order valence-corrected chi connectivity index (χ2v) is 6.05. The number of nitrogens with one attached hydrogen (secondary N) is 1. The van der Waals surface area contributed by atoms with E-state index in [1.165, 1.54) is 0 Å². The molecule has 3 atom stereocenters. The van der Waals surface area contributed by atoms with Crippen LogP contribution in [0.5, 0.6) is 0 Å². The highest BCUT2D eigenvalue weighted by Crippen LogP contribution is 2.08. The third-order valence-corrected chi connectivity index (χ3v) is 3.95. The molecular weight excluding hydrogens is 308 g/mol. The number of carboxylic acids is 1. The van der Waals surface area contributed by atoms with Gasteiger partial charge in [0.2, 0.25) is 0 Å². The summed E-state index contributed by atoms with van der Waals surface area (Å²) in [6.45, 7) is 2.07. The second-order valence-electron chi connectivity index (χ2n) is 6.05. The first-order valence-corrected chi connectivity index (χ1v) is 8.46. The molecule has 1 aromatic rings. The predicted octanol–water partition coefficient (Wildman–Crippen LogP) is 1.46. The molecule has 0 aliphatic heterocycles. The lowest BCUT2D eigenvalue weighted by molar-refractivity contribution is -0.143. The number of benzene rings is 1. The van der Waals surface area contributed by atoms with Crippen LogP contribution in [0, 0.1) is 0 Å². The minimum absolute atomic E-state index is 0.337. The summed E-state index contributed by atoms with van der Waals surface area (Å²) in [7, 11) is 0. The first-order chi connectivity index (χ1) is 11.5. The van der Waals surface area contributed by atoms with Gasteiger partial charge < -0.3 is 21.3 Å². The Labute approximate surface area is 143 Å². The lowest BCUT2D eigenvalue weighted by Crippen LogP contribution is -2.51. The Morgan fingerprint density at radius 2 is 1.83 bits per heavy atom. The molecule has 134 valence electrons. The van der Waals surface area contributed by atoms with E-state index in [1.807, 2.05) is 30.3 Å². The number of aliphatic hydroxyl groups is 1. The number of aliphatic carboxylic acids is 1. The molecule has 6 heteroatoms. The molecular formula is C18H28N2O4. The molecule has 1 aromatic carbocycles. The van der Waals surface area contributed by atoms with Crippen molar-refractivity contribution >= 4 is 11.9 Å². The van der Waals surface area contributed by atoms with Crippen molar-refractivity contribution in [2.45, 2.75) is 63.6 Å². The van der Waals surface area contributed by atoms with Crippen LogP contribution in [0.1, 0.15) is 44.6 Å². The largest absolute Gasteiger partial charge is 0.480 e. The molecule has 0 radical (unpaired) electrons. The van der Waals surface area contributed by atoms with Gasteiger partial charge in [-0.25, -0.2) is 4.79 Å². The standard InChI is InChI=1S/C18H28N2O4/c1-2-3-4-8-11-15(18(23)24)20-17(22)16(21)14(19)12-13-9-6-5-7-10-13/h5-7,9-10,14-16,21H,2-4,8,11-12,19H2,1H3,(H,20,22)(H,23,24)/t14-,15-,16-/m0/s1. The molecule has 0 aliphatic rings. The Bertz CT molecular complexity index is 507. The molecule has 1 amide bonds. The normalized spacial score (nSPS) is 14.6. The van der Waals surface area contributed by atoms with Crippen LogP contribution >= 0.6 is 0 Å². The van der Waals surface area contributed by atoms with E-state index in [9.17, 15) is 19.8 Å². The number of carbonyl (C=O) groups is 2. The van der Waals surface area contributed by atoms with Crippen LogP contribution in [0.15, 0.2) is 30.3 Å². The summed E-state index contributed by atoms with van der Waals surface area (Å²) in [5.74, 6) is -1.83. The second kappa shape index (κ2) is 10.8. The van der Waals surface area contributed by atoms with Crippen molar-refractivity contribution in [3.05, 3.63) is 35.9 Å². The van der Waals surface area contributed by atoms with Gasteiger partial charge in [-0.15, -0.1) is 0 Å². The number of aliphatic hydroxyl groups excluding tert-OH is 1. The molecule has 24 heavy (non-hydrogen) atoms. The van der Waals surface area contributed by atoms with Crippen LogP contribution < -0.4 is 11.1 Å². The maximum atomic E-state index is 12.1. The molecule has 0 spiro atoms. The number of rotatable bonds is 11. The van der Waals surface area contributed by atoms with Crippen LogP contribution in [-0.2, 0) is 16.0 Å². The Balaban J connectivity index is 2.51. The summed E-state index contributed by atoms with van der Waals surface area (Å²) in [5.41, 5.74) is 6.79. The van der Waals surface area contributed by atoms with Crippen molar-refractivity contribution in [3.63, 3.8) is 0 Å². The summed E-state index contributed by atoms with van der Waals surface area (Å²) >= 11 is 0. The van der Waals surface area contributed by atoms with Crippen molar-refractivity contribution in [3.8, 4) is 0 Å². The maximum Gasteiger partial charge on any atom is 0.326 e. The zero-order chi connectivity index (χ0) is 17.9. The Kier molecular flexibility index (Phi) is 9.04. The van der Waals surface area contributed by atoms with Gasteiger partial charge in [0.25, 0.3) is 5.91 Å². The first kappa shape index (κ1) is 20.1. The molecule has 0 saturated carbocycles. The van der Waals surface area contributed by atoms with Crippen molar-refractivity contribution in [1.29, 1.82) is 0 Å². The molecule has 6 nitrogen and oxygen atoms in total. The lowest BCUT2D eigenvalue weighted by Gasteiger charge is -2.21. The molecule has 0 fully saturated rings. The van der Waals surface area contributed by atoms with E-state index in [-0.39, 0.29) is 0 Å². The Morgan fingerprint density at radius 3 is 2.42 bits per heavy atom. The van der Waals surface area contributed by atoms with Crippen molar-refractivity contribution in [2.24, 2.45) is 5.73 Å². The molecule has 5 N–H and O–H groups in total. The van der Waals surface area contributed by atoms with Gasteiger partial charge in [0.1, 0.15) is 12.1 Å². The highest BCUT2D eigenvalue weighted by Gasteiger charge is 2.27. The average molecular weight is 336 g/mol. The van der Waals surface area contributed by atoms with Gasteiger partial charge in [-0.1, -0.05) is 62.9 Å². The first-order valence-electron chi connectivity index (χ1n) is 8.46. The average Bonchev–Trinajstić information content (AvgIpc) is 2.57. The molecule has 1 rings (SSSR count). The monoisotopic (exact) mass is 336 g/mol. The molecule has 0 aromatic heterocycles. The van der Waals surface area contributed by atoms with Crippen molar-refractivity contribution < 1.29 is 19.8 Å². The number of carboxylic acid groups (broad SMARTS) is 1. The van der Waals surface area contributed by atoms with Gasteiger partial charge in [0, 0.05) is 6.04 Å². The number of nitrogens with two attached hydrogens (primary N) is 1. The summed E-state index contributed by atoms with van der Waals surface area (Å²) in [6.07, 6.45) is 2.97. The highest BCUT2D eigenvalue weighted by atomic mass is 16.4. The van der Waals surface area contributed by atoms with Crippen molar-refractivity contribution in [2.75, 3.05) is 0 Å². The van der Waals surface area contributed by atoms with Gasteiger partial charge in [0.15, 0.2) is 0 Å². The number of unbranched alkanes of at least 4 members (excludes halogenated alkanes) is 3. The minimum atomic E-state index is -1.44. The van der Waals surface area contributed by atoms with Crippen molar-refractivity contribution in [1.82, 2.24) is 5.32 Å². The zero-order valence-corrected chi connectivity index (χ0v) is 14.1. The Hall–Kier alpha value is -1.92. The van der Waals surface area contributed by atoms with Crippen LogP contribution in [0.3, 0.4) is 0 Å². The van der Waals surface area contributed by atoms with E-state index in [2.05, 4.69) is 12.2 Å². The summed E-state index contributed by atoms with van der Waals surface area (Å²) in [6, 6.07) is 7.51. The third kappa shape index (κ3) is 7.10. The van der Waals surface area contributed by atoms with Gasteiger partial charge >= 0.3 is 5.97 Å². The number of amides is 1. The molecule has 0 bridgehead atoms. The number of carbonyl (C=O) groups excluding carboxylic acids is 1. The summed E-state index contributed by atoms with van der Waals surface area (Å²) in [5, 5.41) is 21.7. The van der Waals surface area contributed by atoms with Gasteiger partial charge in [-0.05, 0) is 18.4 Å². The highest BCUT2D eigenvalue weighted by molar-refractivity contribution is 5.86. The van der Waals surface area contributed by atoms with Gasteiger partial charge in [0.05, 0.1) is 0 Å². The van der Waals surface area contributed by atoms with Crippen LogP contribution in [0.4, 0.5) is 0 Å². The zero-order valence-electron chi connectivity index (χ0n) is 14.1. The number of hydrogen-bond donors (Lipinski definition) is 4. The van der Waals surface area contributed by atoms with E-state index in [4.69, 9.17) is 5.73 Å². The molecule has 0 unspecified atom stereocenters. The summed E-state index contributed by atoms with van der Waals surface area (Å²) < 4.78 is 0. The van der Waals surface area contributed by atoms with Crippen LogP contribution in [0.2, 0.25) is 0 Å². The third-order valence-electron chi connectivity index (χ3n) is 3.95. The molecule has 0 saturated heterocycles. The SMILES string of the molecule is CCCCCC[C@H](NC(=O)[C@@H](O)[C@@H](N)Cc1ccccc1)C(=O)O. The van der Waals surface area contributed by atoms with Crippen LogP contribution in [0.25, 0.3) is 0 Å². The minimum Gasteiger partial charge on any atom is -0.480 e. The molecule has 0 heterocycles. The van der Waals surface area contributed by atoms with Gasteiger partial charge in [-0.2, -0.15) is 0 Å². The maximum absolute atomic E-state index is 12.1. The molecule has 0 aliphatic carbocycles. The smallest absolute Gasteiger partial charge is 0.326 e. The Morgan fingerprint density at radius 1 is 1.17 bits per heavy atom. The fraction of sp³-hybridized carbons (Fsp3) is 0.556. The van der Waals surface area contributed by atoms with E-state index < -0.39 is 30.1 Å².